The number of halogens is 1. The lowest BCUT2D eigenvalue weighted by atomic mass is 9.78. The summed E-state index contributed by atoms with van der Waals surface area (Å²) in [6.45, 7) is 3.68. The van der Waals surface area contributed by atoms with Gasteiger partial charge in [-0.25, -0.2) is 0 Å². The molecule has 0 spiro atoms. The number of rotatable bonds is 5. The Morgan fingerprint density at radius 3 is 2.43 bits per heavy atom. The third-order valence-corrected chi connectivity index (χ3v) is 6.80. The molecule has 5 atom stereocenters. The van der Waals surface area contributed by atoms with E-state index in [1.165, 1.54) is 0 Å². The van der Waals surface area contributed by atoms with Crippen LogP contribution >= 0.6 is 15.9 Å². The van der Waals surface area contributed by atoms with Crippen LogP contribution in [0, 0.1) is 17.3 Å². The van der Waals surface area contributed by atoms with E-state index in [1.54, 1.807) is 13.8 Å². The molecule has 2 aromatic rings. The number of benzene rings is 2. The van der Waals surface area contributed by atoms with Gasteiger partial charge in [0.25, 0.3) is 0 Å². The number of hydrogen-bond acceptors (Lipinski definition) is 5. The molecule has 156 valence electrons. The van der Waals surface area contributed by atoms with Gasteiger partial charge in [-0.2, -0.15) is 0 Å². The normalized spacial score (nSPS) is 30.4. The van der Waals surface area contributed by atoms with Crippen LogP contribution in [0.15, 0.2) is 59.1 Å². The first-order chi connectivity index (χ1) is 14.4. The molecule has 2 aromatic carbocycles. The molecule has 0 radical (unpaired) electrons. The van der Waals surface area contributed by atoms with Gasteiger partial charge in [0.2, 0.25) is 0 Å². The fourth-order valence-electron chi connectivity index (χ4n) is 4.94. The Bertz CT molecular complexity index is 992. The SMILES string of the molecule is CCOC(=O)[C@H]1N[C@@H](c2ccccc2)[C@H]2C(=O)[C@](C)(Cc3cccc(Br)c3)C(=O)[C@H]21. The predicted octanol–water partition coefficient (Wildman–Crippen LogP) is 3.66. The van der Waals surface area contributed by atoms with Crippen molar-refractivity contribution in [1.29, 1.82) is 0 Å². The highest BCUT2D eigenvalue weighted by Gasteiger charge is 2.66. The fourth-order valence-corrected chi connectivity index (χ4v) is 5.39. The maximum Gasteiger partial charge on any atom is 0.323 e. The molecule has 5 nitrogen and oxygen atoms in total. The summed E-state index contributed by atoms with van der Waals surface area (Å²) in [6, 6.07) is 16.0. The number of hydrogen-bond donors (Lipinski definition) is 1. The summed E-state index contributed by atoms with van der Waals surface area (Å²) < 4.78 is 6.13. The first kappa shape index (κ1) is 20.9. The highest BCUT2D eigenvalue weighted by molar-refractivity contribution is 9.10. The quantitative estimate of drug-likeness (QED) is 0.534. The van der Waals surface area contributed by atoms with E-state index in [0.29, 0.717) is 6.42 Å². The van der Waals surface area contributed by atoms with Crippen molar-refractivity contribution in [3.8, 4) is 0 Å². The first-order valence-corrected chi connectivity index (χ1v) is 11.0. The van der Waals surface area contributed by atoms with E-state index in [0.717, 1.165) is 15.6 Å². The van der Waals surface area contributed by atoms with Gasteiger partial charge in [0, 0.05) is 10.5 Å². The first-order valence-electron chi connectivity index (χ1n) is 10.2. The van der Waals surface area contributed by atoms with Crippen LogP contribution in [0.2, 0.25) is 0 Å². The van der Waals surface area contributed by atoms with Crippen LogP contribution in [0.1, 0.15) is 31.0 Å². The van der Waals surface area contributed by atoms with E-state index in [4.69, 9.17) is 4.74 Å². The molecule has 0 amide bonds. The zero-order valence-corrected chi connectivity index (χ0v) is 18.5. The summed E-state index contributed by atoms with van der Waals surface area (Å²) in [4.78, 5) is 40.0. The third kappa shape index (κ3) is 3.42. The van der Waals surface area contributed by atoms with Crippen LogP contribution in [0.4, 0.5) is 0 Å². The summed E-state index contributed by atoms with van der Waals surface area (Å²) in [5, 5.41) is 3.24. The molecule has 0 aromatic heterocycles. The number of carbonyl (C=O) groups excluding carboxylic acids is 3. The van der Waals surface area contributed by atoms with Gasteiger partial charge in [0.15, 0.2) is 11.6 Å². The second-order valence-electron chi connectivity index (χ2n) is 8.20. The minimum absolute atomic E-state index is 0.106. The van der Waals surface area contributed by atoms with Crippen LogP contribution in [-0.2, 0) is 25.5 Å². The highest BCUT2D eigenvalue weighted by atomic mass is 79.9. The Hall–Kier alpha value is -2.31. The molecular weight excluding hydrogens is 446 g/mol. The van der Waals surface area contributed by atoms with Crippen LogP contribution in [0.25, 0.3) is 0 Å². The van der Waals surface area contributed by atoms with Crippen molar-refractivity contribution < 1.29 is 19.1 Å². The molecule has 1 saturated carbocycles. The van der Waals surface area contributed by atoms with Gasteiger partial charge in [-0.05, 0) is 43.5 Å². The van der Waals surface area contributed by atoms with E-state index in [1.807, 2.05) is 54.6 Å². The van der Waals surface area contributed by atoms with Crippen molar-refractivity contribution >= 4 is 33.5 Å². The second kappa shape index (κ2) is 8.08. The van der Waals surface area contributed by atoms with Crippen LogP contribution in [0.3, 0.4) is 0 Å². The van der Waals surface area contributed by atoms with E-state index >= 15 is 0 Å². The van der Waals surface area contributed by atoms with Gasteiger partial charge in [-0.15, -0.1) is 0 Å². The molecule has 1 aliphatic carbocycles. The minimum Gasteiger partial charge on any atom is -0.465 e. The molecular formula is C24H24BrNO4. The van der Waals surface area contributed by atoms with Crippen LogP contribution in [0.5, 0.6) is 0 Å². The van der Waals surface area contributed by atoms with Crippen LogP contribution in [-0.4, -0.2) is 30.2 Å². The van der Waals surface area contributed by atoms with Crippen molar-refractivity contribution in [2.75, 3.05) is 6.61 Å². The molecule has 6 heteroatoms. The molecule has 1 aliphatic heterocycles. The van der Waals surface area contributed by atoms with Crippen molar-refractivity contribution in [2.45, 2.75) is 32.4 Å². The molecule has 2 aliphatic rings. The Kier molecular flexibility index (Phi) is 5.64. The molecule has 1 saturated heterocycles. The summed E-state index contributed by atoms with van der Waals surface area (Å²) in [6.07, 6.45) is 0.314. The molecule has 4 rings (SSSR count). The van der Waals surface area contributed by atoms with Gasteiger partial charge in [0.05, 0.1) is 23.9 Å². The van der Waals surface area contributed by atoms with Crippen molar-refractivity contribution in [3.63, 3.8) is 0 Å². The zero-order chi connectivity index (χ0) is 21.5. The maximum atomic E-state index is 13.7. The van der Waals surface area contributed by atoms with Gasteiger partial charge >= 0.3 is 5.97 Å². The van der Waals surface area contributed by atoms with Gasteiger partial charge in [-0.3, -0.25) is 19.7 Å². The largest absolute Gasteiger partial charge is 0.465 e. The zero-order valence-electron chi connectivity index (χ0n) is 16.9. The van der Waals surface area contributed by atoms with Crippen molar-refractivity contribution in [2.24, 2.45) is 17.3 Å². The van der Waals surface area contributed by atoms with E-state index < -0.39 is 35.3 Å². The number of fused-ring (bicyclic) bond motifs is 1. The Morgan fingerprint density at radius 2 is 1.77 bits per heavy atom. The summed E-state index contributed by atoms with van der Waals surface area (Å²) in [5.41, 5.74) is 0.633. The summed E-state index contributed by atoms with van der Waals surface area (Å²) in [7, 11) is 0. The van der Waals surface area contributed by atoms with Gasteiger partial charge < -0.3 is 4.74 Å². The number of ether oxygens (including phenoxy) is 1. The number of nitrogens with one attached hydrogen (secondary N) is 1. The van der Waals surface area contributed by atoms with E-state index in [-0.39, 0.29) is 18.2 Å². The van der Waals surface area contributed by atoms with Crippen molar-refractivity contribution in [1.82, 2.24) is 5.32 Å². The number of carbonyl (C=O) groups is 3. The fraction of sp³-hybridized carbons (Fsp3) is 0.375. The molecule has 30 heavy (non-hydrogen) atoms. The smallest absolute Gasteiger partial charge is 0.323 e. The highest BCUT2D eigenvalue weighted by Crippen LogP contribution is 2.51. The molecule has 1 N–H and O–H groups in total. The maximum absolute atomic E-state index is 13.7. The number of ketones is 2. The van der Waals surface area contributed by atoms with E-state index in [2.05, 4.69) is 21.2 Å². The Balaban J connectivity index is 1.74. The van der Waals surface area contributed by atoms with Gasteiger partial charge in [-0.1, -0.05) is 58.4 Å². The second-order valence-corrected chi connectivity index (χ2v) is 9.12. The van der Waals surface area contributed by atoms with Crippen LogP contribution < -0.4 is 5.32 Å². The molecule has 1 heterocycles. The standard InChI is InChI=1S/C24H24BrNO4/c1-3-30-23(29)20-18-17(19(26-20)15-9-5-4-6-10-15)21(27)24(2,22(18)28)13-14-8-7-11-16(25)12-14/h4-12,17-20,26H,3,13H2,1-2H3/t17-,18+,19-,20-,24-/m0/s1. The Labute approximate surface area is 184 Å². The topological polar surface area (TPSA) is 72.5 Å². The number of Topliss-reactive ketones (excluding diaryl/α,β-unsaturated/α-hetero) is 2. The average Bonchev–Trinajstić information content (AvgIpc) is 3.21. The third-order valence-electron chi connectivity index (χ3n) is 6.30. The summed E-state index contributed by atoms with van der Waals surface area (Å²) >= 11 is 3.45. The lowest BCUT2D eigenvalue weighted by Gasteiger charge is -2.26. The molecule has 0 unspecified atom stereocenters. The molecule has 2 fully saturated rings. The lowest BCUT2D eigenvalue weighted by Crippen LogP contribution is -2.44. The summed E-state index contributed by atoms with van der Waals surface area (Å²) in [5.74, 6) is -2.07. The van der Waals surface area contributed by atoms with Gasteiger partial charge in [0.1, 0.15) is 6.04 Å². The predicted molar refractivity (Wildman–Crippen MR) is 116 cm³/mol. The monoisotopic (exact) mass is 469 g/mol. The average molecular weight is 470 g/mol. The van der Waals surface area contributed by atoms with Crippen molar-refractivity contribution in [3.05, 3.63) is 70.2 Å². The molecule has 0 bridgehead atoms. The lowest BCUT2D eigenvalue weighted by molar-refractivity contribution is -0.149. The Morgan fingerprint density at radius 1 is 1.07 bits per heavy atom. The van der Waals surface area contributed by atoms with E-state index in [9.17, 15) is 14.4 Å². The minimum atomic E-state index is -1.17. The number of esters is 1.